The van der Waals surface area contributed by atoms with Crippen molar-refractivity contribution in [3.8, 4) is 5.75 Å². The van der Waals surface area contributed by atoms with Crippen LogP contribution in [0.1, 0.15) is 26.3 Å². The molecule has 0 aliphatic rings. The molecule has 0 aliphatic heterocycles. The maximum atomic E-state index is 12.1. The summed E-state index contributed by atoms with van der Waals surface area (Å²) in [4.78, 5) is 16.5. The Kier molecular flexibility index (Phi) is 4.97. The number of nitrogens with one attached hydrogen (secondary N) is 1. The Bertz CT molecular complexity index is 915. The van der Waals surface area contributed by atoms with Crippen molar-refractivity contribution in [1.82, 2.24) is 4.98 Å². The van der Waals surface area contributed by atoms with E-state index in [2.05, 4.69) is 43.2 Å². The predicted octanol–water partition coefficient (Wildman–Crippen LogP) is 5.26. The Labute approximate surface area is 155 Å². The molecule has 3 aromatic rings. The van der Waals surface area contributed by atoms with Crippen LogP contribution < -0.4 is 10.1 Å². The second-order valence-corrected chi connectivity index (χ2v) is 8.16. The molecule has 1 amide bonds. The average molecular weight is 375 g/mol. The van der Waals surface area contributed by atoms with E-state index in [9.17, 15) is 4.79 Å². The fourth-order valence-electron chi connectivity index (χ4n) is 2.31. The zero-order valence-electron chi connectivity index (χ0n) is 14.3. The van der Waals surface area contributed by atoms with Crippen molar-refractivity contribution >= 4 is 44.2 Å². The van der Waals surface area contributed by atoms with Crippen molar-refractivity contribution in [3.63, 3.8) is 0 Å². The van der Waals surface area contributed by atoms with E-state index in [0.717, 1.165) is 10.2 Å². The van der Waals surface area contributed by atoms with Crippen LogP contribution in [0.15, 0.2) is 42.5 Å². The summed E-state index contributed by atoms with van der Waals surface area (Å²) in [6, 6.07) is 13.2. The number of rotatable bonds is 4. The normalized spacial score (nSPS) is 11.5. The smallest absolute Gasteiger partial charge is 0.264 e. The summed E-state index contributed by atoms with van der Waals surface area (Å²) in [6.45, 7) is 6.39. The Hall–Kier alpha value is -2.11. The van der Waals surface area contributed by atoms with Gasteiger partial charge in [0.05, 0.1) is 15.2 Å². The Balaban J connectivity index is 1.68. The highest BCUT2D eigenvalue weighted by Crippen LogP contribution is 2.31. The number of amides is 1. The number of fused-ring (bicyclic) bond motifs is 1. The molecular weight excluding hydrogens is 356 g/mol. The number of hydrogen-bond acceptors (Lipinski definition) is 4. The van der Waals surface area contributed by atoms with Crippen molar-refractivity contribution in [2.75, 3.05) is 11.9 Å². The van der Waals surface area contributed by atoms with E-state index in [1.165, 1.54) is 16.9 Å². The molecule has 0 unspecified atom stereocenters. The summed E-state index contributed by atoms with van der Waals surface area (Å²) in [6.07, 6.45) is 0. The highest BCUT2D eigenvalue weighted by atomic mass is 35.5. The minimum absolute atomic E-state index is 0.0738. The molecule has 6 heteroatoms. The molecule has 0 fully saturated rings. The van der Waals surface area contributed by atoms with Gasteiger partial charge in [0.15, 0.2) is 11.7 Å². The molecule has 1 N–H and O–H groups in total. The lowest BCUT2D eigenvalue weighted by atomic mass is 9.87. The van der Waals surface area contributed by atoms with Gasteiger partial charge in [0.2, 0.25) is 0 Å². The third kappa shape index (κ3) is 4.30. The molecule has 0 radical (unpaired) electrons. The van der Waals surface area contributed by atoms with Crippen LogP contribution in [0.5, 0.6) is 5.75 Å². The quantitative estimate of drug-likeness (QED) is 0.677. The second kappa shape index (κ2) is 7.02. The van der Waals surface area contributed by atoms with Gasteiger partial charge in [-0.3, -0.25) is 10.1 Å². The van der Waals surface area contributed by atoms with Crippen molar-refractivity contribution in [1.29, 1.82) is 0 Å². The summed E-state index contributed by atoms with van der Waals surface area (Å²) in [5, 5.41) is 3.82. The molecule has 0 atom stereocenters. The highest BCUT2D eigenvalue weighted by Gasteiger charge is 2.16. The topological polar surface area (TPSA) is 51.2 Å². The summed E-state index contributed by atoms with van der Waals surface area (Å²) in [5.74, 6) is 0.216. The number of ether oxygens (including phenoxy) is 1. The number of carbonyl (C=O) groups excluding carboxylic acids is 1. The number of benzene rings is 2. The van der Waals surface area contributed by atoms with Crippen molar-refractivity contribution in [2.24, 2.45) is 0 Å². The molecule has 0 bridgehead atoms. The average Bonchev–Trinajstić information content (AvgIpc) is 2.94. The maximum Gasteiger partial charge on any atom is 0.264 e. The highest BCUT2D eigenvalue weighted by molar-refractivity contribution is 7.22. The van der Waals surface area contributed by atoms with Crippen LogP contribution in [-0.2, 0) is 10.2 Å². The van der Waals surface area contributed by atoms with Crippen molar-refractivity contribution in [2.45, 2.75) is 26.2 Å². The summed E-state index contributed by atoms with van der Waals surface area (Å²) >= 11 is 7.46. The number of aromatic nitrogens is 1. The van der Waals surface area contributed by atoms with Gasteiger partial charge in [0, 0.05) is 0 Å². The van der Waals surface area contributed by atoms with Crippen LogP contribution in [0.2, 0.25) is 5.02 Å². The van der Waals surface area contributed by atoms with Gasteiger partial charge in [-0.25, -0.2) is 4.98 Å². The zero-order chi connectivity index (χ0) is 18.0. The molecule has 130 valence electrons. The van der Waals surface area contributed by atoms with E-state index in [1.54, 1.807) is 18.2 Å². The lowest BCUT2D eigenvalue weighted by molar-refractivity contribution is -0.118. The molecule has 1 aromatic heterocycles. The Morgan fingerprint density at radius 1 is 1.24 bits per heavy atom. The lowest BCUT2D eigenvalue weighted by Crippen LogP contribution is -2.20. The van der Waals surface area contributed by atoms with E-state index in [-0.39, 0.29) is 17.9 Å². The second-order valence-electron chi connectivity index (χ2n) is 6.72. The summed E-state index contributed by atoms with van der Waals surface area (Å²) < 4.78 is 6.49. The largest absolute Gasteiger partial charge is 0.482 e. The predicted molar refractivity (Wildman–Crippen MR) is 104 cm³/mol. The molecule has 1 heterocycles. The van der Waals surface area contributed by atoms with Gasteiger partial charge in [0.25, 0.3) is 5.91 Å². The van der Waals surface area contributed by atoms with E-state index in [1.807, 2.05) is 12.1 Å². The number of hydrogen-bond donors (Lipinski definition) is 1. The number of halogens is 1. The standard InChI is InChI=1S/C19H19ClN2O2S/c1-19(2,3)12-8-9-14-16(10-12)25-18(21-14)22-17(23)11-24-15-7-5-4-6-13(15)20/h4-10H,11H2,1-3H3,(H,21,22,23). The molecule has 0 saturated heterocycles. The third-order valence-electron chi connectivity index (χ3n) is 3.70. The van der Waals surface area contributed by atoms with Crippen LogP contribution in [0, 0.1) is 0 Å². The van der Waals surface area contributed by atoms with Gasteiger partial charge in [-0.05, 0) is 35.2 Å². The monoisotopic (exact) mass is 374 g/mol. The molecular formula is C19H19ClN2O2S. The number of nitrogens with zero attached hydrogens (tertiary/aromatic N) is 1. The first kappa shape index (κ1) is 17.7. The molecule has 0 aliphatic carbocycles. The van der Waals surface area contributed by atoms with E-state index in [4.69, 9.17) is 16.3 Å². The Morgan fingerprint density at radius 3 is 2.72 bits per heavy atom. The Morgan fingerprint density at radius 2 is 2.00 bits per heavy atom. The number of carbonyl (C=O) groups is 1. The maximum absolute atomic E-state index is 12.1. The van der Waals surface area contributed by atoms with Gasteiger partial charge >= 0.3 is 0 Å². The number of anilines is 1. The van der Waals surface area contributed by atoms with Gasteiger partial charge in [0.1, 0.15) is 5.75 Å². The van der Waals surface area contributed by atoms with Crippen LogP contribution >= 0.6 is 22.9 Å². The van der Waals surface area contributed by atoms with Crippen LogP contribution in [0.25, 0.3) is 10.2 Å². The first-order valence-electron chi connectivity index (χ1n) is 7.91. The summed E-state index contributed by atoms with van der Waals surface area (Å²) in [7, 11) is 0. The number of thiazole rings is 1. The van der Waals surface area contributed by atoms with Gasteiger partial charge < -0.3 is 4.74 Å². The molecule has 0 saturated carbocycles. The van der Waals surface area contributed by atoms with Gasteiger partial charge in [-0.2, -0.15) is 0 Å². The third-order valence-corrected chi connectivity index (χ3v) is 4.94. The fraction of sp³-hybridized carbons (Fsp3) is 0.263. The van der Waals surface area contributed by atoms with E-state index in [0.29, 0.717) is 15.9 Å². The van der Waals surface area contributed by atoms with E-state index < -0.39 is 0 Å². The molecule has 3 rings (SSSR count). The molecule has 4 nitrogen and oxygen atoms in total. The first-order chi connectivity index (χ1) is 11.8. The molecule has 0 spiro atoms. The molecule has 25 heavy (non-hydrogen) atoms. The van der Waals surface area contributed by atoms with Gasteiger partial charge in [-0.15, -0.1) is 0 Å². The van der Waals surface area contributed by atoms with Crippen LogP contribution in [0.4, 0.5) is 5.13 Å². The van der Waals surface area contributed by atoms with Crippen molar-refractivity contribution < 1.29 is 9.53 Å². The van der Waals surface area contributed by atoms with Gasteiger partial charge in [-0.1, -0.05) is 61.9 Å². The molecule has 2 aromatic carbocycles. The number of para-hydroxylation sites is 1. The van der Waals surface area contributed by atoms with E-state index >= 15 is 0 Å². The minimum atomic E-state index is -0.268. The first-order valence-corrected chi connectivity index (χ1v) is 9.10. The fourth-order valence-corrected chi connectivity index (χ4v) is 3.42. The lowest BCUT2D eigenvalue weighted by Gasteiger charge is -2.18. The van der Waals surface area contributed by atoms with Crippen molar-refractivity contribution in [3.05, 3.63) is 53.1 Å². The van der Waals surface area contributed by atoms with Crippen LogP contribution in [-0.4, -0.2) is 17.5 Å². The summed E-state index contributed by atoms with van der Waals surface area (Å²) in [5.41, 5.74) is 2.19. The minimum Gasteiger partial charge on any atom is -0.482 e. The van der Waals surface area contributed by atoms with Crippen LogP contribution in [0.3, 0.4) is 0 Å². The zero-order valence-corrected chi connectivity index (χ0v) is 15.9. The SMILES string of the molecule is CC(C)(C)c1ccc2nc(NC(=O)COc3ccccc3Cl)sc2c1.